The number of benzene rings is 2. The van der Waals surface area contributed by atoms with Gasteiger partial charge in [0, 0.05) is 30.0 Å². The summed E-state index contributed by atoms with van der Waals surface area (Å²) in [4.78, 5) is 44.0. The molecule has 2 N–H and O–H groups in total. The number of amides is 2. The van der Waals surface area contributed by atoms with Gasteiger partial charge in [-0.25, -0.2) is 9.59 Å². The van der Waals surface area contributed by atoms with Gasteiger partial charge in [0.15, 0.2) is 0 Å². The van der Waals surface area contributed by atoms with E-state index in [1.807, 2.05) is 36.4 Å². The van der Waals surface area contributed by atoms with E-state index >= 15 is 0 Å². The first kappa shape index (κ1) is 23.0. The van der Waals surface area contributed by atoms with Crippen molar-refractivity contribution in [3.05, 3.63) is 76.2 Å². The fourth-order valence-corrected chi connectivity index (χ4v) is 5.66. The Hall–Kier alpha value is -3.72. The van der Waals surface area contributed by atoms with Crippen LogP contribution in [0.25, 0.3) is 11.1 Å². The fraction of sp³-hybridized carbons (Fsp3) is 0.308. The smallest absolute Gasteiger partial charge is 0.407 e. The SMILES string of the molecule is O=C(NC(Cc1cncs1)C(=O)N1CCC[C@H]1C(=O)O)OCC1c2ccccc2-c2ccccc21. The number of thiazole rings is 1. The molecule has 8 nitrogen and oxygen atoms in total. The zero-order chi connectivity index (χ0) is 24.4. The number of fused-ring (bicyclic) bond motifs is 3. The highest BCUT2D eigenvalue weighted by molar-refractivity contribution is 7.09. The van der Waals surface area contributed by atoms with E-state index in [0.29, 0.717) is 19.4 Å². The zero-order valence-corrected chi connectivity index (χ0v) is 19.7. The summed E-state index contributed by atoms with van der Waals surface area (Å²) in [5.41, 5.74) is 6.11. The summed E-state index contributed by atoms with van der Waals surface area (Å²) in [7, 11) is 0. The van der Waals surface area contributed by atoms with Gasteiger partial charge in [-0.1, -0.05) is 48.5 Å². The van der Waals surface area contributed by atoms with Crippen LogP contribution in [-0.2, 0) is 20.7 Å². The standard InChI is InChI=1S/C26H25N3O5S/c30-24(29-11-5-10-23(29)25(31)32)22(12-16-13-27-15-35-16)28-26(33)34-14-21-19-8-3-1-6-17(19)18-7-2-4-9-20(18)21/h1-4,6-9,13,15,21-23H,5,10-12,14H2,(H,28,33)(H,31,32)/t22?,23-/m0/s1. The van der Waals surface area contributed by atoms with E-state index < -0.39 is 30.1 Å². The van der Waals surface area contributed by atoms with Crippen LogP contribution in [0.5, 0.6) is 0 Å². The number of likely N-dealkylation sites (tertiary alicyclic amines) is 1. The van der Waals surface area contributed by atoms with Crippen molar-refractivity contribution in [3.8, 4) is 11.1 Å². The number of hydrogen-bond donors (Lipinski definition) is 2. The number of nitrogens with zero attached hydrogens (tertiary/aromatic N) is 2. The van der Waals surface area contributed by atoms with Gasteiger partial charge in [-0.2, -0.15) is 0 Å². The average molecular weight is 492 g/mol. The summed E-state index contributed by atoms with van der Waals surface area (Å²) in [5, 5.41) is 12.2. The van der Waals surface area contributed by atoms with Crippen LogP contribution in [0, 0.1) is 0 Å². The van der Waals surface area contributed by atoms with Gasteiger partial charge < -0.3 is 20.1 Å². The molecule has 0 bridgehead atoms. The first-order chi connectivity index (χ1) is 17.0. The first-order valence-corrected chi connectivity index (χ1v) is 12.4. The van der Waals surface area contributed by atoms with Crippen LogP contribution in [-0.4, -0.2) is 58.2 Å². The summed E-state index contributed by atoms with van der Waals surface area (Å²) in [6.07, 6.45) is 2.17. The lowest BCUT2D eigenvalue weighted by molar-refractivity contribution is -0.148. The molecule has 0 spiro atoms. The summed E-state index contributed by atoms with van der Waals surface area (Å²) >= 11 is 1.37. The molecule has 3 aromatic rings. The fourth-order valence-electron chi connectivity index (χ4n) is 5.01. The van der Waals surface area contributed by atoms with Crippen molar-refractivity contribution < 1.29 is 24.2 Å². The normalized spacial score (nSPS) is 17.5. The van der Waals surface area contributed by atoms with Crippen LogP contribution in [0.3, 0.4) is 0 Å². The molecule has 180 valence electrons. The average Bonchev–Trinajstić information content (AvgIpc) is 3.61. The maximum atomic E-state index is 13.3. The predicted molar refractivity (Wildman–Crippen MR) is 130 cm³/mol. The van der Waals surface area contributed by atoms with Crippen LogP contribution >= 0.6 is 11.3 Å². The maximum Gasteiger partial charge on any atom is 0.407 e. The minimum absolute atomic E-state index is 0.0984. The molecule has 1 unspecified atom stereocenters. The predicted octanol–water partition coefficient (Wildman–Crippen LogP) is 3.67. The number of carboxylic acids is 1. The summed E-state index contributed by atoms with van der Waals surface area (Å²) in [5.74, 6) is -1.55. The Morgan fingerprint density at radius 2 is 1.80 bits per heavy atom. The molecule has 2 aliphatic rings. The second kappa shape index (κ2) is 9.87. The third-order valence-electron chi connectivity index (χ3n) is 6.64. The van der Waals surface area contributed by atoms with E-state index in [9.17, 15) is 19.5 Å². The lowest BCUT2D eigenvalue weighted by Gasteiger charge is -2.27. The van der Waals surface area contributed by atoms with Crippen LogP contribution in [0.1, 0.15) is 34.8 Å². The van der Waals surface area contributed by atoms with Gasteiger partial charge in [-0.05, 0) is 35.1 Å². The molecule has 1 aliphatic carbocycles. The third-order valence-corrected chi connectivity index (χ3v) is 7.45. The second-order valence-corrected chi connectivity index (χ2v) is 9.69. The quantitative estimate of drug-likeness (QED) is 0.522. The Morgan fingerprint density at radius 3 is 2.43 bits per heavy atom. The van der Waals surface area contributed by atoms with E-state index in [2.05, 4.69) is 22.4 Å². The number of carbonyl (C=O) groups excluding carboxylic acids is 2. The molecule has 2 atom stereocenters. The summed E-state index contributed by atoms with van der Waals surface area (Å²) in [6.45, 7) is 0.476. The lowest BCUT2D eigenvalue weighted by atomic mass is 9.98. The molecule has 2 heterocycles. The van der Waals surface area contributed by atoms with E-state index in [1.165, 1.54) is 16.2 Å². The number of carboxylic acid groups (broad SMARTS) is 1. The molecule has 2 aromatic carbocycles. The van der Waals surface area contributed by atoms with Gasteiger partial charge in [0.2, 0.25) is 5.91 Å². The molecule has 9 heteroatoms. The monoisotopic (exact) mass is 491 g/mol. The minimum Gasteiger partial charge on any atom is -0.480 e. The third kappa shape index (κ3) is 4.64. The molecule has 0 radical (unpaired) electrons. The van der Waals surface area contributed by atoms with E-state index in [-0.39, 0.29) is 18.9 Å². The largest absolute Gasteiger partial charge is 0.480 e. The van der Waals surface area contributed by atoms with Crippen molar-refractivity contribution in [1.82, 2.24) is 15.2 Å². The summed E-state index contributed by atoms with van der Waals surface area (Å²) < 4.78 is 5.63. The lowest BCUT2D eigenvalue weighted by Crippen LogP contribution is -2.52. The molecule has 1 saturated heterocycles. The number of alkyl carbamates (subject to hydrolysis) is 1. The van der Waals surface area contributed by atoms with Crippen LogP contribution in [0.2, 0.25) is 0 Å². The highest BCUT2D eigenvalue weighted by atomic mass is 32.1. The first-order valence-electron chi connectivity index (χ1n) is 11.5. The Kier molecular flexibility index (Phi) is 6.50. The van der Waals surface area contributed by atoms with Crippen molar-refractivity contribution in [2.75, 3.05) is 13.2 Å². The number of nitrogens with one attached hydrogen (secondary N) is 1. The van der Waals surface area contributed by atoms with Crippen molar-refractivity contribution >= 4 is 29.3 Å². The minimum atomic E-state index is -1.03. The number of aliphatic carboxylic acids is 1. The Morgan fingerprint density at radius 1 is 1.11 bits per heavy atom. The van der Waals surface area contributed by atoms with Gasteiger partial charge in [-0.15, -0.1) is 11.3 Å². The molecule has 1 fully saturated rings. The molecule has 2 amide bonds. The number of hydrogen-bond acceptors (Lipinski definition) is 6. The van der Waals surface area contributed by atoms with Gasteiger partial charge in [-0.3, -0.25) is 9.78 Å². The molecule has 35 heavy (non-hydrogen) atoms. The molecular formula is C26H25N3O5S. The van der Waals surface area contributed by atoms with E-state index in [1.54, 1.807) is 11.7 Å². The highest BCUT2D eigenvalue weighted by Crippen LogP contribution is 2.44. The van der Waals surface area contributed by atoms with Gasteiger partial charge >= 0.3 is 12.1 Å². The number of aromatic nitrogens is 1. The number of carbonyl (C=O) groups is 3. The van der Waals surface area contributed by atoms with Crippen LogP contribution in [0.15, 0.2) is 60.2 Å². The van der Waals surface area contributed by atoms with Gasteiger partial charge in [0.1, 0.15) is 18.7 Å². The van der Waals surface area contributed by atoms with Crippen LogP contribution < -0.4 is 5.32 Å². The van der Waals surface area contributed by atoms with Crippen molar-refractivity contribution in [3.63, 3.8) is 0 Å². The van der Waals surface area contributed by atoms with Gasteiger partial charge in [0.05, 0.1) is 5.51 Å². The molecule has 5 rings (SSSR count). The number of rotatable bonds is 7. The maximum absolute atomic E-state index is 13.3. The topological polar surface area (TPSA) is 109 Å². The van der Waals surface area contributed by atoms with Crippen molar-refractivity contribution in [2.24, 2.45) is 0 Å². The Balaban J connectivity index is 1.30. The highest BCUT2D eigenvalue weighted by Gasteiger charge is 2.38. The Labute approximate surface area is 206 Å². The zero-order valence-electron chi connectivity index (χ0n) is 18.9. The second-order valence-electron chi connectivity index (χ2n) is 8.72. The molecule has 0 saturated carbocycles. The Bertz CT molecular complexity index is 1200. The molecule has 1 aromatic heterocycles. The summed E-state index contributed by atoms with van der Waals surface area (Å²) in [6, 6.07) is 14.3. The van der Waals surface area contributed by atoms with Crippen molar-refractivity contribution in [1.29, 1.82) is 0 Å². The van der Waals surface area contributed by atoms with Crippen molar-refractivity contribution in [2.45, 2.75) is 37.3 Å². The number of ether oxygens (including phenoxy) is 1. The van der Waals surface area contributed by atoms with Crippen LogP contribution in [0.4, 0.5) is 4.79 Å². The van der Waals surface area contributed by atoms with Gasteiger partial charge in [0.25, 0.3) is 0 Å². The van der Waals surface area contributed by atoms with E-state index in [0.717, 1.165) is 27.1 Å². The van der Waals surface area contributed by atoms with E-state index in [4.69, 9.17) is 4.74 Å². The molecular weight excluding hydrogens is 466 g/mol. The molecule has 1 aliphatic heterocycles.